The van der Waals surface area contributed by atoms with Gasteiger partial charge in [0.15, 0.2) is 0 Å². The van der Waals surface area contributed by atoms with Gasteiger partial charge in [-0.25, -0.2) is 4.79 Å². The molecule has 0 unspecified atom stereocenters. The molecule has 1 aromatic carbocycles. The molecule has 2 fully saturated rings. The highest BCUT2D eigenvalue weighted by molar-refractivity contribution is 5.78. The van der Waals surface area contributed by atoms with E-state index in [2.05, 4.69) is 48.2 Å². The van der Waals surface area contributed by atoms with E-state index in [0.29, 0.717) is 38.6 Å². The summed E-state index contributed by atoms with van der Waals surface area (Å²) in [6.07, 6.45) is 6.26. The number of hydrogen-bond acceptors (Lipinski definition) is 4. The van der Waals surface area contributed by atoms with E-state index in [1.54, 1.807) is 4.90 Å². The minimum atomic E-state index is -0.481. The zero-order valence-electron chi connectivity index (χ0n) is 19.5. The fraction of sp³-hybridized carbons (Fsp3) is 0.600. The van der Waals surface area contributed by atoms with Crippen LogP contribution in [0.3, 0.4) is 0 Å². The predicted octanol–water partition coefficient (Wildman–Crippen LogP) is 3.80. The Morgan fingerprint density at radius 2 is 1.58 bits per heavy atom. The highest BCUT2D eigenvalue weighted by Crippen LogP contribution is 2.20. The molecule has 0 N–H and O–H groups in total. The largest absolute Gasteiger partial charge is 0.444 e. The van der Waals surface area contributed by atoms with Crippen LogP contribution < -0.4 is 0 Å². The lowest BCUT2D eigenvalue weighted by atomic mass is 9.95. The van der Waals surface area contributed by atoms with Crippen LogP contribution in [0, 0.1) is 12.8 Å². The van der Waals surface area contributed by atoms with E-state index < -0.39 is 5.60 Å². The van der Waals surface area contributed by atoms with Crippen LogP contribution >= 0.6 is 0 Å². The quantitative estimate of drug-likeness (QED) is 0.733. The normalized spacial score (nSPS) is 19.1. The minimum absolute atomic E-state index is 0.201. The van der Waals surface area contributed by atoms with Gasteiger partial charge in [-0.1, -0.05) is 42.0 Å². The number of hydrogen-bond donors (Lipinski definition) is 0. The van der Waals surface area contributed by atoms with Crippen LogP contribution in [0.15, 0.2) is 30.3 Å². The molecule has 170 valence electrons. The number of carbonyl (C=O) groups excluding carboxylic acids is 2. The number of amides is 2. The lowest BCUT2D eigenvalue weighted by Gasteiger charge is -2.37. The lowest BCUT2D eigenvalue weighted by Crippen LogP contribution is -2.53. The van der Waals surface area contributed by atoms with Gasteiger partial charge in [0, 0.05) is 39.3 Å². The smallest absolute Gasteiger partial charge is 0.410 e. The van der Waals surface area contributed by atoms with Crippen molar-refractivity contribution in [2.45, 2.75) is 46.1 Å². The number of rotatable bonds is 4. The summed E-state index contributed by atoms with van der Waals surface area (Å²) in [5, 5.41) is 0. The molecule has 0 atom stereocenters. The maximum atomic E-state index is 12.7. The average Bonchev–Trinajstić information content (AvgIpc) is 2.73. The molecule has 0 saturated carbocycles. The zero-order valence-corrected chi connectivity index (χ0v) is 19.5. The van der Waals surface area contributed by atoms with E-state index in [1.807, 2.05) is 25.7 Å². The van der Waals surface area contributed by atoms with Gasteiger partial charge in [0.05, 0.1) is 6.54 Å². The number of benzene rings is 1. The molecule has 2 amide bonds. The van der Waals surface area contributed by atoms with Crippen LogP contribution in [-0.4, -0.2) is 78.1 Å². The summed E-state index contributed by atoms with van der Waals surface area (Å²) in [5.41, 5.74) is 2.02. The van der Waals surface area contributed by atoms with Crippen LogP contribution in [-0.2, 0) is 9.53 Å². The van der Waals surface area contributed by atoms with Crippen LogP contribution in [0.5, 0.6) is 0 Å². The van der Waals surface area contributed by atoms with Gasteiger partial charge in [0.25, 0.3) is 0 Å². The molecule has 0 bridgehead atoms. The molecular weight excluding hydrogens is 390 g/mol. The van der Waals surface area contributed by atoms with Gasteiger partial charge >= 0.3 is 6.09 Å². The Bertz CT molecular complexity index is 766. The summed E-state index contributed by atoms with van der Waals surface area (Å²) in [7, 11) is 0. The fourth-order valence-electron chi connectivity index (χ4n) is 3.97. The topological polar surface area (TPSA) is 53.1 Å². The lowest BCUT2D eigenvalue weighted by molar-refractivity contribution is -0.134. The van der Waals surface area contributed by atoms with Crippen molar-refractivity contribution in [3.05, 3.63) is 41.5 Å². The van der Waals surface area contributed by atoms with Gasteiger partial charge < -0.3 is 14.5 Å². The Kier molecular flexibility index (Phi) is 7.76. The Hall–Kier alpha value is -2.34. The molecule has 6 nitrogen and oxygen atoms in total. The Morgan fingerprint density at radius 3 is 2.16 bits per heavy atom. The second-order valence-electron chi connectivity index (χ2n) is 9.73. The third-order valence-corrected chi connectivity index (χ3v) is 5.91. The molecular formula is C25H37N3O3. The summed E-state index contributed by atoms with van der Waals surface area (Å²) >= 11 is 0. The van der Waals surface area contributed by atoms with E-state index in [4.69, 9.17) is 4.74 Å². The monoisotopic (exact) mass is 427 g/mol. The summed E-state index contributed by atoms with van der Waals surface area (Å²) < 4.78 is 5.44. The van der Waals surface area contributed by atoms with Gasteiger partial charge in [-0.15, -0.1) is 0 Å². The van der Waals surface area contributed by atoms with E-state index in [-0.39, 0.29) is 12.0 Å². The molecule has 31 heavy (non-hydrogen) atoms. The predicted molar refractivity (Wildman–Crippen MR) is 124 cm³/mol. The first-order chi connectivity index (χ1) is 14.7. The molecule has 6 heteroatoms. The number of allylic oxidation sites excluding steroid dienone is 1. The van der Waals surface area contributed by atoms with Crippen molar-refractivity contribution >= 4 is 18.1 Å². The van der Waals surface area contributed by atoms with Crippen molar-refractivity contribution in [1.82, 2.24) is 14.7 Å². The second kappa shape index (κ2) is 10.3. The summed E-state index contributed by atoms with van der Waals surface area (Å²) in [5.74, 6) is 0.731. The van der Waals surface area contributed by atoms with Crippen molar-refractivity contribution in [3.8, 4) is 0 Å². The summed E-state index contributed by atoms with van der Waals surface area (Å²) in [6.45, 7) is 12.4. The number of likely N-dealkylation sites (tertiary alicyclic amines) is 1. The maximum absolute atomic E-state index is 12.7. The molecule has 2 saturated heterocycles. The average molecular weight is 428 g/mol. The molecule has 2 heterocycles. The third-order valence-electron chi connectivity index (χ3n) is 5.91. The first-order valence-electron chi connectivity index (χ1n) is 11.4. The van der Waals surface area contributed by atoms with Gasteiger partial charge in [-0.3, -0.25) is 9.69 Å². The van der Waals surface area contributed by atoms with Crippen LogP contribution in [0.1, 0.15) is 44.7 Å². The van der Waals surface area contributed by atoms with Gasteiger partial charge in [0.2, 0.25) is 5.91 Å². The number of nitrogens with zero attached hydrogens (tertiary/aromatic N) is 3. The van der Waals surface area contributed by atoms with Crippen LogP contribution in [0.2, 0.25) is 0 Å². The molecule has 0 aliphatic carbocycles. The second-order valence-corrected chi connectivity index (χ2v) is 9.73. The zero-order chi connectivity index (χ0) is 22.4. The number of aryl methyl sites for hydroxylation is 1. The van der Waals surface area contributed by atoms with E-state index in [9.17, 15) is 9.59 Å². The Balaban J connectivity index is 1.37. The SMILES string of the molecule is Cc1ccc(/C=C/C2CCN(C(=O)CN3CCN(C(=O)OC(C)(C)C)CC3)CC2)cc1. The highest BCUT2D eigenvalue weighted by Gasteiger charge is 2.28. The number of ether oxygens (including phenoxy) is 1. The number of piperazine rings is 1. The van der Waals surface area contributed by atoms with E-state index in [1.165, 1.54) is 11.1 Å². The van der Waals surface area contributed by atoms with Crippen LogP contribution in [0.4, 0.5) is 4.79 Å². The first kappa shape index (κ1) is 23.3. The highest BCUT2D eigenvalue weighted by atomic mass is 16.6. The van der Waals surface area contributed by atoms with Crippen molar-refractivity contribution in [2.24, 2.45) is 5.92 Å². The van der Waals surface area contributed by atoms with E-state index in [0.717, 1.165) is 25.9 Å². The molecule has 3 rings (SSSR count). The maximum Gasteiger partial charge on any atom is 0.410 e. The number of piperidine rings is 1. The van der Waals surface area contributed by atoms with Gasteiger partial charge in [-0.2, -0.15) is 0 Å². The van der Waals surface area contributed by atoms with Gasteiger partial charge in [-0.05, 0) is 52.0 Å². The molecule has 2 aliphatic rings. The molecule has 2 aliphatic heterocycles. The van der Waals surface area contributed by atoms with Crippen LogP contribution in [0.25, 0.3) is 6.08 Å². The van der Waals surface area contributed by atoms with E-state index >= 15 is 0 Å². The first-order valence-corrected chi connectivity index (χ1v) is 11.4. The summed E-state index contributed by atoms with van der Waals surface area (Å²) in [6, 6.07) is 8.56. The van der Waals surface area contributed by atoms with Crippen molar-refractivity contribution in [1.29, 1.82) is 0 Å². The summed E-state index contributed by atoms with van der Waals surface area (Å²) in [4.78, 5) is 30.8. The van der Waals surface area contributed by atoms with Crippen molar-refractivity contribution < 1.29 is 14.3 Å². The number of carbonyl (C=O) groups is 2. The molecule has 0 radical (unpaired) electrons. The van der Waals surface area contributed by atoms with Gasteiger partial charge in [0.1, 0.15) is 5.60 Å². The third kappa shape index (κ3) is 7.39. The van der Waals surface area contributed by atoms with Crippen molar-refractivity contribution in [3.63, 3.8) is 0 Å². The Labute approximate surface area is 186 Å². The molecule has 0 aromatic heterocycles. The molecule has 0 spiro atoms. The molecule has 1 aromatic rings. The van der Waals surface area contributed by atoms with Crippen molar-refractivity contribution in [2.75, 3.05) is 45.8 Å². The fourth-order valence-corrected chi connectivity index (χ4v) is 3.97. The Morgan fingerprint density at radius 1 is 0.968 bits per heavy atom. The standard InChI is InChI=1S/C25H37N3O3/c1-20-5-7-21(8-6-20)9-10-22-11-13-27(14-12-22)23(29)19-26-15-17-28(18-16-26)24(30)31-25(2,3)4/h5-10,22H,11-19H2,1-4H3/b10-9+. The minimum Gasteiger partial charge on any atom is -0.444 e.